The first kappa shape index (κ1) is 19.4. The van der Waals surface area contributed by atoms with Gasteiger partial charge < -0.3 is 10.1 Å². The Morgan fingerprint density at radius 1 is 1.41 bits per heavy atom. The minimum Gasteiger partial charge on any atom is -0.493 e. The third-order valence-electron chi connectivity index (χ3n) is 3.16. The van der Waals surface area contributed by atoms with Crippen LogP contribution in [-0.4, -0.2) is 34.7 Å². The second kappa shape index (κ2) is 8.88. The molecule has 0 spiro atoms. The highest BCUT2D eigenvalue weighted by atomic mass is 79.9. The van der Waals surface area contributed by atoms with Crippen LogP contribution >= 0.6 is 28.3 Å². The predicted octanol–water partition coefficient (Wildman–Crippen LogP) is 2.47. The fourth-order valence-electron chi connectivity index (χ4n) is 2.02. The Labute approximate surface area is 146 Å². The zero-order valence-electron chi connectivity index (χ0n) is 12.3. The molecule has 0 unspecified atom stereocenters. The van der Waals surface area contributed by atoms with Gasteiger partial charge in [0.25, 0.3) is 0 Å². The average Bonchev–Trinajstić information content (AvgIpc) is 2.48. The van der Waals surface area contributed by atoms with Gasteiger partial charge in [-0.15, -0.1) is 12.4 Å². The number of halogens is 2. The van der Waals surface area contributed by atoms with Crippen LogP contribution in [-0.2, 0) is 10.0 Å². The van der Waals surface area contributed by atoms with Gasteiger partial charge in [0, 0.05) is 13.1 Å². The van der Waals surface area contributed by atoms with E-state index in [2.05, 4.69) is 26.0 Å². The van der Waals surface area contributed by atoms with Gasteiger partial charge in [-0.2, -0.15) is 0 Å². The molecule has 0 radical (unpaired) electrons. The number of benzene rings is 1. The van der Waals surface area contributed by atoms with Crippen LogP contribution in [0.15, 0.2) is 39.2 Å². The zero-order valence-corrected chi connectivity index (χ0v) is 15.5. The zero-order chi connectivity index (χ0) is 15.3. The van der Waals surface area contributed by atoms with Gasteiger partial charge in [0.05, 0.1) is 16.0 Å². The van der Waals surface area contributed by atoms with Gasteiger partial charge in [0.15, 0.2) is 0 Å². The van der Waals surface area contributed by atoms with E-state index in [9.17, 15) is 8.42 Å². The quantitative estimate of drug-likeness (QED) is 0.706. The van der Waals surface area contributed by atoms with Crippen LogP contribution in [0, 0.1) is 0 Å². The van der Waals surface area contributed by atoms with Crippen molar-refractivity contribution in [1.29, 1.82) is 0 Å². The molecule has 22 heavy (non-hydrogen) atoms. The van der Waals surface area contributed by atoms with Gasteiger partial charge in [-0.25, -0.2) is 13.1 Å². The number of ether oxygens (including phenoxy) is 1. The van der Waals surface area contributed by atoms with Gasteiger partial charge in [-0.05, 0) is 54.0 Å². The summed E-state index contributed by atoms with van der Waals surface area (Å²) in [5.41, 5.74) is 1.11. The lowest BCUT2D eigenvalue weighted by atomic mass is 10.1. The summed E-state index contributed by atoms with van der Waals surface area (Å²) in [4.78, 5) is 0.229. The summed E-state index contributed by atoms with van der Waals surface area (Å²) < 4.78 is 33.2. The first-order chi connectivity index (χ1) is 10.0. The van der Waals surface area contributed by atoms with Crippen molar-refractivity contribution >= 4 is 38.4 Å². The van der Waals surface area contributed by atoms with Crippen molar-refractivity contribution in [2.24, 2.45) is 0 Å². The van der Waals surface area contributed by atoms with Crippen molar-refractivity contribution < 1.29 is 13.2 Å². The van der Waals surface area contributed by atoms with Crippen LogP contribution < -0.4 is 14.8 Å². The van der Waals surface area contributed by atoms with Gasteiger partial charge in [0.1, 0.15) is 5.75 Å². The van der Waals surface area contributed by atoms with Crippen LogP contribution in [0.3, 0.4) is 0 Å². The molecule has 0 saturated heterocycles. The fourth-order valence-corrected chi connectivity index (χ4v) is 3.73. The molecule has 5 nitrogen and oxygen atoms in total. The van der Waals surface area contributed by atoms with E-state index in [1.165, 1.54) is 0 Å². The summed E-state index contributed by atoms with van der Waals surface area (Å²) in [7, 11) is -3.51. The molecule has 2 N–H and O–H groups in total. The number of sulfonamides is 1. The highest BCUT2D eigenvalue weighted by Crippen LogP contribution is 2.27. The number of hydrogen-bond acceptors (Lipinski definition) is 4. The van der Waals surface area contributed by atoms with Crippen molar-refractivity contribution in [3.63, 3.8) is 0 Å². The molecule has 1 aromatic carbocycles. The largest absolute Gasteiger partial charge is 0.493 e. The van der Waals surface area contributed by atoms with E-state index in [1.54, 1.807) is 18.2 Å². The smallest absolute Gasteiger partial charge is 0.240 e. The lowest BCUT2D eigenvalue weighted by Crippen LogP contribution is -2.29. The Hall–Kier alpha value is -0.600. The number of rotatable bonds is 6. The molecule has 0 bridgehead atoms. The predicted molar refractivity (Wildman–Crippen MR) is 93.3 cm³/mol. The standard InChI is InChI=1S/C14H19BrN2O3S.ClH/c1-2-20-14-4-3-12(9-13(14)15)21(18,19)17-10-11-5-7-16-8-6-11;/h3-5,9,16-17H,2,6-8,10H2,1H3;1H. The minimum atomic E-state index is -3.51. The highest BCUT2D eigenvalue weighted by molar-refractivity contribution is 9.10. The van der Waals surface area contributed by atoms with Gasteiger partial charge >= 0.3 is 0 Å². The van der Waals surface area contributed by atoms with E-state index >= 15 is 0 Å². The molecule has 0 saturated carbocycles. The Kier molecular flexibility index (Phi) is 7.85. The molecule has 2 rings (SSSR count). The van der Waals surface area contributed by atoms with Crippen molar-refractivity contribution in [3.05, 3.63) is 34.3 Å². The molecule has 8 heteroatoms. The maximum absolute atomic E-state index is 12.3. The molecule has 1 aliphatic heterocycles. The molecule has 1 aliphatic rings. The maximum Gasteiger partial charge on any atom is 0.240 e. The van der Waals surface area contributed by atoms with E-state index in [1.807, 2.05) is 13.0 Å². The first-order valence-corrected chi connectivity index (χ1v) is 9.11. The first-order valence-electron chi connectivity index (χ1n) is 6.83. The monoisotopic (exact) mass is 410 g/mol. The molecular formula is C14H20BrClN2O3S. The van der Waals surface area contributed by atoms with Crippen molar-refractivity contribution in [3.8, 4) is 5.75 Å². The molecule has 1 heterocycles. The van der Waals surface area contributed by atoms with Crippen LogP contribution in [0.2, 0.25) is 0 Å². The van der Waals surface area contributed by atoms with Crippen LogP contribution in [0.4, 0.5) is 0 Å². The Morgan fingerprint density at radius 3 is 2.77 bits per heavy atom. The summed E-state index contributed by atoms with van der Waals surface area (Å²) in [6.07, 6.45) is 2.90. The summed E-state index contributed by atoms with van der Waals surface area (Å²) >= 11 is 3.33. The topological polar surface area (TPSA) is 67.4 Å². The highest BCUT2D eigenvalue weighted by Gasteiger charge is 2.16. The van der Waals surface area contributed by atoms with Crippen molar-refractivity contribution in [2.75, 3.05) is 26.2 Å². The fraction of sp³-hybridized carbons (Fsp3) is 0.429. The van der Waals surface area contributed by atoms with Gasteiger partial charge in [-0.3, -0.25) is 0 Å². The van der Waals surface area contributed by atoms with E-state index < -0.39 is 10.0 Å². The second-order valence-corrected chi connectivity index (χ2v) is 7.29. The molecule has 124 valence electrons. The summed E-state index contributed by atoms with van der Waals surface area (Å²) in [6, 6.07) is 4.77. The van der Waals surface area contributed by atoms with Gasteiger partial charge in [0.2, 0.25) is 10.0 Å². The summed E-state index contributed by atoms with van der Waals surface area (Å²) in [5.74, 6) is 0.637. The Balaban J connectivity index is 0.00000242. The Bertz CT molecular complexity index is 635. The van der Waals surface area contributed by atoms with Crippen LogP contribution in [0.25, 0.3) is 0 Å². The lowest BCUT2D eigenvalue weighted by molar-refractivity contribution is 0.338. The lowest BCUT2D eigenvalue weighted by Gasteiger charge is -2.15. The maximum atomic E-state index is 12.3. The third-order valence-corrected chi connectivity index (χ3v) is 5.18. The molecule has 0 atom stereocenters. The minimum absolute atomic E-state index is 0. The van der Waals surface area contributed by atoms with E-state index in [4.69, 9.17) is 4.74 Å². The third kappa shape index (κ3) is 5.24. The Morgan fingerprint density at radius 2 is 2.18 bits per heavy atom. The normalized spacial score (nSPS) is 14.9. The SMILES string of the molecule is CCOc1ccc(S(=O)(=O)NCC2=CCNCC2)cc1Br.Cl. The molecule has 0 aliphatic carbocycles. The number of hydrogen-bond donors (Lipinski definition) is 2. The molecule has 0 fully saturated rings. The number of nitrogens with one attached hydrogen (secondary N) is 2. The molecule has 0 aromatic heterocycles. The molecule has 1 aromatic rings. The summed E-state index contributed by atoms with van der Waals surface area (Å²) in [6.45, 7) is 4.46. The van der Waals surface area contributed by atoms with E-state index in [0.29, 0.717) is 23.4 Å². The van der Waals surface area contributed by atoms with Crippen LogP contribution in [0.1, 0.15) is 13.3 Å². The molecule has 0 amide bonds. The molecular weight excluding hydrogens is 392 g/mol. The van der Waals surface area contributed by atoms with Crippen LogP contribution in [0.5, 0.6) is 5.75 Å². The second-order valence-electron chi connectivity index (χ2n) is 4.67. The van der Waals surface area contributed by atoms with Crippen molar-refractivity contribution in [1.82, 2.24) is 10.0 Å². The van der Waals surface area contributed by atoms with E-state index in [-0.39, 0.29) is 17.3 Å². The summed E-state index contributed by atoms with van der Waals surface area (Å²) in [5, 5.41) is 3.20. The average molecular weight is 412 g/mol. The van der Waals surface area contributed by atoms with Crippen molar-refractivity contribution in [2.45, 2.75) is 18.2 Å². The van der Waals surface area contributed by atoms with E-state index in [0.717, 1.165) is 25.1 Å². The van der Waals surface area contributed by atoms with Gasteiger partial charge in [-0.1, -0.05) is 11.6 Å².